The monoisotopic (exact) mass is 564 g/mol. The van der Waals surface area contributed by atoms with Crippen molar-refractivity contribution in [1.29, 1.82) is 0 Å². The number of carbonyl (C=O) groups is 2. The highest BCUT2D eigenvalue weighted by Crippen LogP contribution is 2.27. The molecule has 1 heterocycles. The normalized spacial score (nSPS) is 17.9. The van der Waals surface area contributed by atoms with E-state index in [1.807, 2.05) is 0 Å². The third-order valence-corrected chi connectivity index (χ3v) is 15.1. The molecule has 0 spiro atoms. The van der Waals surface area contributed by atoms with Crippen LogP contribution in [0.5, 0.6) is 0 Å². The molecule has 2 atom stereocenters. The van der Waals surface area contributed by atoms with Gasteiger partial charge in [-0.3, -0.25) is 4.79 Å². The van der Waals surface area contributed by atoms with Crippen LogP contribution in [0.1, 0.15) is 57.8 Å². The Balaban J connectivity index is 2.12. The number of hydrogen-bond acceptors (Lipinski definition) is 9. The van der Waals surface area contributed by atoms with Crippen LogP contribution in [0.2, 0.25) is 51.9 Å². The van der Waals surface area contributed by atoms with Crippen molar-refractivity contribution in [1.82, 2.24) is 0 Å². The fourth-order valence-electron chi connectivity index (χ4n) is 4.26. The van der Waals surface area contributed by atoms with Crippen LogP contribution in [0.25, 0.3) is 0 Å². The smallest absolute Gasteiger partial charge is 0.377 e. The van der Waals surface area contributed by atoms with E-state index in [1.54, 1.807) is 0 Å². The van der Waals surface area contributed by atoms with Gasteiger partial charge in [-0.2, -0.15) is 0 Å². The van der Waals surface area contributed by atoms with E-state index in [2.05, 4.69) is 50.6 Å². The van der Waals surface area contributed by atoms with Crippen LogP contribution in [0.4, 0.5) is 0 Å². The molecule has 9 nitrogen and oxygen atoms in total. The Morgan fingerprint density at radius 2 is 1.33 bits per heavy atom. The summed E-state index contributed by atoms with van der Waals surface area (Å²) in [4.78, 5) is 23.0. The quantitative estimate of drug-likeness (QED) is 0.113. The average molecular weight is 565 g/mol. The van der Waals surface area contributed by atoms with Crippen molar-refractivity contribution in [3.05, 3.63) is 11.5 Å². The molecule has 1 aliphatic rings. The van der Waals surface area contributed by atoms with Crippen molar-refractivity contribution < 1.29 is 42.6 Å². The summed E-state index contributed by atoms with van der Waals surface area (Å²) in [5, 5.41) is 28.7. The lowest BCUT2D eigenvalue weighted by Crippen LogP contribution is -2.52. The summed E-state index contributed by atoms with van der Waals surface area (Å²) in [5.74, 6) is -3.26. The fraction of sp³-hybridized carbons (Fsp3) is 0.833. The summed E-state index contributed by atoms with van der Waals surface area (Å²) in [6.45, 7) is 15.2. The Labute approximate surface area is 219 Å². The van der Waals surface area contributed by atoms with Gasteiger partial charge >= 0.3 is 20.5 Å². The molecule has 3 N–H and O–H groups in total. The lowest BCUT2D eigenvalue weighted by atomic mass is 10.1. The van der Waals surface area contributed by atoms with Gasteiger partial charge in [-0.1, -0.05) is 44.9 Å². The van der Waals surface area contributed by atoms with Crippen LogP contribution < -0.4 is 0 Å². The molecular weight excluding hydrogens is 517 g/mol. The van der Waals surface area contributed by atoms with Crippen LogP contribution in [-0.4, -0.2) is 71.3 Å². The highest BCUT2D eigenvalue weighted by molar-refractivity contribution is 6.87. The topological polar surface area (TPSA) is 132 Å². The van der Waals surface area contributed by atoms with Crippen LogP contribution in [0.15, 0.2) is 11.5 Å². The molecular formula is C24H48O9Si3. The first kappa shape index (κ1) is 32.8. The van der Waals surface area contributed by atoms with Crippen molar-refractivity contribution in [3.63, 3.8) is 0 Å². The number of aliphatic hydroxyl groups is 3. The Morgan fingerprint density at radius 3 is 1.78 bits per heavy atom. The average Bonchev–Trinajstić information content (AvgIpc) is 2.97. The molecule has 0 saturated carbocycles. The maximum atomic E-state index is 11.9. The van der Waals surface area contributed by atoms with Gasteiger partial charge in [0.05, 0.1) is 0 Å². The summed E-state index contributed by atoms with van der Waals surface area (Å²) in [7, 11) is -5.42. The van der Waals surface area contributed by atoms with Crippen LogP contribution in [0.3, 0.4) is 0 Å². The van der Waals surface area contributed by atoms with Gasteiger partial charge in [0.2, 0.25) is 5.76 Å². The van der Waals surface area contributed by atoms with E-state index in [1.165, 1.54) is 19.3 Å². The van der Waals surface area contributed by atoms with Gasteiger partial charge in [0, 0.05) is 6.42 Å². The molecule has 1 aliphatic heterocycles. The molecule has 1 rings (SSSR count). The summed E-state index contributed by atoms with van der Waals surface area (Å²) in [6.07, 6.45) is 5.87. The molecule has 2 unspecified atom stereocenters. The second-order valence-corrected chi connectivity index (χ2v) is 24.6. The molecule has 0 aromatic carbocycles. The van der Waals surface area contributed by atoms with E-state index in [9.17, 15) is 24.9 Å². The molecule has 0 fully saturated rings. The molecule has 0 saturated heterocycles. The molecule has 0 aromatic rings. The van der Waals surface area contributed by atoms with E-state index in [-0.39, 0.29) is 6.42 Å². The maximum Gasteiger partial charge on any atom is 0.377 e. The lowest BCUT2D eigenvalue weighted by molar-refractivity contribution is -0.154. The third-order valence-electron chi connectivity index (χ3n) is 5.51. The molecule has 12 heteroatoms. The molecule has 36 heavy (non-hydrogen) atoms. The van der Waals surface area contributed by atoms with Crippen molar-refractivity contribution in [2.24, 2.45) is 0 Å². The highest BCUT2D eigenvalue weighted by Gasteiger charge is 2.40. The van der Waals surface area contributed by atoms with Gasteiger partial charge < -0.3 is 33.0 Å². The van der Waals surface area contributed by atoms with Crippen LogP contribution in [0, 0.1) is 0 Å². The molecule has 0 amide bonds. The van der Waals surface area contributed by atoms with Gasteiger partial charge in [-0.05, 0) is 58.3 Å². The summed E-state index contributed by atoms with van der Waals surface area (Å²) < 4.78 is 22.7. The predicted octanol–water partition coefficient (Wildman–Crippen LogP) is 5.43. The fourth-order valence-corrected chi connectivity index (χ4v) is 16.9. The number of hydrogen-bond donors (Lipinski definition) is 3. The summed E-state index contributed by atoms with van der Waals surface area (Å²) >= 11 is 0. The predicted molar refractivity (Wildman–Crippen MR) is 146 cm³/mol. The van der Waals surface area contributed by atoms with E-state index < -0.39 is 67.5 Å². The van der Waals surface area contributed by atoms with Crippen molar-refractivity contribution in [3.8, 4) is 0 Å². The Morgan fingerprint density at radius 1 is 0.861 bits per heavy atom. The van der Waals surface area contributed by atoms with Crippen LogP contribution in [-0.2, 0) is 27.3 Å². The van der Waals surface area contributed by atoms with Gasteiger partial charge in [0.25, 0.3) is 0 Å². The molecule has 0 aromatic heterocycles. The zero-order valence-electron chi connectivity index (χ0n) is 23.2. The number of unbranched alkanes of at least 4 members (excludes halogenated alkanes) is 7. The Hall–Kier alpha value is -1.19. The highest BCUT2D eigenvalue weighted by atomic mass is 28.5. The molecule has 0 radical (unpaired) electrons. The van der Waals surface area contributed by atoms with E-state index in [0.717, 1.165) is 31.7 Å². The largest absolute Gasteiger partial charge is 0.505 e. The first-order chi connectivity index (χ1) is 16.5. The Kier molecular flexibility index (Phi) is 13.4. The standard InChI is InChI=1S/C24H48O9Si3/c1-34(2,3)32-36(7,33-35(4,5)6)17-15-13-11-9-8-10-12-14-16-20(26)30-18-19(25)23-21(27)22(28)24(29)31-23/h19,23,25,27-28H,8-18H2,1-7H3. The van der Waals surface area contributed by atoms with Gasteiger partial charge in [-0.25, -0.2) is 4.79 Å². The van der Waals surface area contributed by atoms with Crippen LogP contribution >= 0.6 is 0 Å². The minimum Gasteiger partial charge on any atom is -0.505 e. The number of esters is 2. The zero-order valence-corrected chi connectivity index (χ0v) is 26.2. The first-order valence-corrected chi connectivity index (χ1v) is 22.4. The number of cyclic esters (lactones) is 1. The van der Waals surface area contributed by atoms with E-state index in [0.29, 0.717) is 6.42 Å². The van der Waals surface area contributed by atoms with Gasteiger partial charge in [0.15, 0.2) is 28.5 Å². The minimum absolute atomic E-state index is 0.238. The molecule has 0 aliphatic carbocycles. The molecule has 210 valence electrons. The second-order valence-electron chi connectivity index (χ2n) is 11.7. The SMILES string of the molecule is C[Si](C)(C)O[Si](C)(CCCCCCCCCCC(=O)OCC(O)C1OC(=O)C(O)=C1O)O[Si](C)(C)C. The summed E-state index contributed by atoms with van der Waals surface area (Å²) in [6, 6.07) is 1.05. The molecule has 0 bridgehead atoms. The van der Waals surface area contributed by atoms with Crippen molar-refractivity contribution in [2.45, 2.75) is 122 Å². The summed E-state index contributed by atoms with van der Waals surface area (Å²) in [5.41, 5.74) is 0. The third kappa shape index (κ3) is 13.4. The first-order valence-electron chi connectivity index (χ1n) is 13.1. The number of ether oxygens (including phenoxy) is 2. The van der Waals surface area contributed by atoms with E-state index in [4.69, 9.17) is 13.0 Å². The maximum absolute atomic E-state index is 11.9. The Bertz CT molecular complexity index is 728. The minimum atomic E-state index is -2.13. The zero-order chi connectivity index (χ0) is 27.6. The second kappa shape index (κ2) is 14.7. The van der Waals surface area contributed by atoms with Gasteiger partial charge in [0.1, 0.15) is 12.7 Å². The van der Waals surface area contributed by atoms with Crippen molar-refractivity contribution >= 4 is 37.1 Å². The lowest BCUT2D eigenvalue weighted by Gasteiger charge is -2.38. The van der Waals surface area contributed by atoms with Gasteiger partial charge in [-0.15, -0.1) is 0 Å². The number of rotatable bonds is 18. The number of aliphatic hydroxyl groups excluding tert-OH is 3. The van der Waals surface area contributed by atoms with Crippen molar-refractivity contribution in [2.75, 3.05) is 6.61 Å². The number of carbonyl (C=O) groups excluding carboxylic acids is 2. The van der Waals surface area contributed by atoms with E-state index >= 15 is 0 Å².